The van der Waals surface area contributed by atoms with Gasteiger partial charge < -0.3 is 44.9 Å². The van der Waals surface area contributed by atoms with Gasteiger partial charge in [-0.25, -0.2) is 4.79 Å². The summed E-state index contributed by atoms with van der Waals surface area (Å²) >= 11 is 0. The van der Waals surface area contributed by atoms with Gasteiger partial charge in [0, 0.05) is 75.2 Å². The topological polar surface area (TPSA) is 196 Å². The standard InChI is InChI=1S/C40H57N3O11/c1-8-43-18-37(19-53-35(47)22-11-9-10-12-25(22)42-33(45)21(4)15-28(41)44)14-13-27(51-6)39-24-16-23-26(50-5)17-38(48,29(24)30(23)54-34(46)20(2)3)40(49,36(39)43)32(52-7)31(37)39/h9-12,20-21,23-24,26-27,29-32,36,48-49H,8,13-19H2,1-7H3,(H2,41,44)(H,42,45)/t21-,23+,24+,26-,27-,29+,30-,31+,32-,36-,37-,38+,39-,40-/m0/s1. The van der Waals surface area contributed by atoms with E-state index in [1.165, 1.54) is 0 Å². The lowest BCUT2D eigenvalue weighted by atomic mass is 9.42. The van der Waals surface area contributed by atoms with E-state index in [0.29, 0.717) is 32.4 Å². The molecule has 1 spiro atoms. The molecule has 0 unspecified atom stereocenters. The molecule has 2 amide bonds. The number of piperidine rings is 1. The number of para-hydroxylation sites is 1. The molecule has 5 N–H and O–H groups in total. The van der Waals surface area contributed by atoms with Crippen LogP contribution in [0.1, 0.15) is 70.2 Å². The average molecular weight is 756 g/mol. The van der Waals surface area contributed by atoms with Gasteiger partial charge in [0.05, 0.1) is 48.1 Å². The molecule has 7 bridgehead atoms. The highest BCUT2D eigenvalue weighted by molar-refractivity contribution is 6.02. The number of carbonyl (C=O) groups excluding carboxylic acids is 4. The van der Waals surface area contributed by atoms with Crippen LogP contribution in [0, 0.1) is 46.3 Å². The fourth-order valence-electron chi connectivity index (χ4n) is 12.8. The number of likely N-dealkylation sites (tertiary alicyclic amines) is 1. The van der Waals surface area contributed by atoms with E-state index in [4.69, 9.17) is 29.4 Å². The third-order valence-corrected chi connectivity index (χ3v) is 14.6. The van der Waals surface area contributed by atoms with Crippen LogP contribution in [0.15, 0.2) is 24.3 Å². The van der Waals surface area contributed by atoms with Crippen molar-refractivity contribution < 1.29 is 53.1 Å². The predicted molar refractivity (Wildman–Crippen MR) is 194 cm³/mol. The lowest BCUT2D eigenvalue weighted by molar-refractivity contribution is -0.319. The molecule has 298 valence electrons. The average Bonchev–Trinajstić information content (AvgIpc) is 3.53. The van der Waals surface area contributed by atoms with Crippen molar-refractivity contribution in [3.63, 3.8) is 0 Å². The predicted octanol–water partition coefficient (Wildman–Crippen LogP) is 2.14. The second kappa shape index (κ2) is 13.8. The van der Waals surface area contributed by atoms with Crippen molar-refractivity contribution >= 4 is 29.4 Å². The number of benzene rings is 1. The lowest BCUT2D eigenvalue weighted by Gasteiger charge is -2.70. The third kappa shape index (κ3) is 5.19. The summed E-state index contributed by atoms with van der Waals surface area (Å²) < 4.78 is 31.5. The number of ether oxygens (including phenoxy) is 5. The number of esters is 2. The van der Waals surface area contributed by atoms with Gasteiger partial charge >= 0.3 is 11.9 Å². The number of nitrogens with one attached hydrogen (secondary N) is 1. The monoisotopic (exact) mass is 755 g/mol. The number of fused-ring (bicyclic) bond motifs is 2. The van der Waals surface area contributed by atoms with Crippen molar-refractivity contribution in [2.45, 2.75) is 101 Å². The molecule has 1 aromatic carbocycles. The van der Waals surface area contributed by atoms with Crippen LogP contribution in [-0.2, 0) is 38.1 Å². The van der Waals surface area contributed by atoms with Gasteiger partial charge in [-0.1, -0.05) is 39.8 Å². The van der Waals surface area contributed by atoms with Gasteiger partial charge in [0.1, 0.15) is 17.3 Å². The molecule has 0 aromatic heterocycles. The minimum absolute atomic E-state index is 0.0140. The number of methoxy groups -OCH3 is 3. The largest absolute Gasteiger partial charge is 0.461 e. The van der Waals surface area contributed by atoms with E-state index in [1.54, 1.807) is 66.4 Å². The van der Waals surface area contributed by atoms with Crippen molar-refractivity contribution in [3.05, 3.63) is 29.8 Å². The zero-order chi connectivity index (χ0) is 39.1. The number of hydrogen-bond donors (Lipinski definition) is 4. The van der Waals surface area contributed by atoms with Crippen LogP contribution in [0.3, 0.4) is 0 Å². The van der Waals surface area contributed by atoms with Crippen LogP contribution in [0.25, 0.3) is 0 Å². The molecule has 5 saturated carbocycles. The number of nitrogens with two attached hydrogens (primary N) is 1. The number of rotatable bonds is 13. The van der Waals surface area contributed by atoms with Crippen LogP contribution in [-0.4, -0.2) is 122 Å². The number of aliphatic hydroxyl groups is 2. The van der Waals surface area contributed by atoms with E-state index in [1.807, 2.05) is 6.92 Å². The minimum Gasteiger partial charge on any atom is -0.461 e. The van der Waals surface area contributed by atoms with Crippen molar-refractivity contribution in [3.8, 4) is 0 Å². The van der Waals surface area contributed by atoms with E-state index in [-0.39, 0.29) is 60.5 Å². The molecule has 14 heteroatoms. The second-order valence-electron chi connectivity index (χ2n) is 17.2. The first kappa shape index (κ1) is 39.1. The molecule has 6 aliphatic rings. The van der Waals surface area contributed by atoms with E-state index in [2.05, 4.69) is 10.2 Å². The summed E-state index contributed by atoms with van der Waals surface area (Å²) in [5, 5.41) is 29.7. The van der Waals surface area contributed by atoms with Crippen LogP contribution >= 0.6 is 0 Å². The lowest BCUT2D eigenvalue weighted by Crippen LogP contribution is -2.82. The molecule has 0 radical (unpaired) electrons. The summed E-state index contributed by atoms with van der Waals surface area (Å²) in [5.74, 6) is -4.62. The number of primary amides is 1. The molecule has 1 aromatic rings. The fraction of sp³-hybridized carbons (Fsp3) is 0.750. The van der Waals surface area contributed by atoms with Gasteiger partial charge in [-0.15, -0.1) is 0 Å². The number of carbonyl (C=O) groups is 4. The number of anilines is 1. The molecular weight excluding hydrogens is 698 g/mol. The van der Waals surface area contributed by atoms with Gasteiger partial charge in [-0.05, 0) is 43.9 Å². The van der Waals surface area contributed by atoms with Crippen molar-refractivity contribution in [2.75, 3.05) is 46.3 Å². The first-order valence-electron chi connectivity index (χ1n) is 19.4. The number of likely N-dealkylation sites (N-methyl/N-ethyl adjacent to an activating group) is 1. The maximum atomic E-state index is 14.1. The quantitative estimate of drug-likeness (QED) is 0.215. The molecule has 14 atom stereocenters. The Balaban J connectivity index is 1.30. The molecule has 1 aliphatic heterocycles. The van der Waals surface area contributed by atoms with Gasteiger partial charge in [0.15, 0.2) is 0 Å². The molecule has 54 heavy (non-hydrogen) atoms. The van der Waals surface area contributed by atoms with Crippen LogP contribution < -0.4 is 11.1 Å². The smallest absolute Gasteiger partial charge is 0.340 e. The van der Waals surface area contributed by atoms with E-state index < -0.39 is 81.9 Å². The number of amides is 2. The third-order valence-electron chi connectivity index (χ3n) is 14.6. The Labute approximate surface area is 316 Å². The highest BCUT2D eigenvalue weighted by Crippen LogP contribution is 2.80. The molecule has 14 nitrogen and oxygen atoms in total. The van der Waals surface area contributed by atoms with Crippen molar-refractivity contribution in [2.24, 2.45) is 52.1 Å². The Morgan fingerprint density at radius 3 is 2.41 bits per heavy atom. The van der Waals surface area contributed by atoms with E-state index in [9.17, 15) is 29.4 Å². The first-order chi connectivity index (χ1) is 25.6. The Hall–Kier alpha value is -3.14. The zero-order valence-electron chi connectivity index (χ0n) is 32.4. The normalized spacial score (nSPS) is 42.0. The minimum atomic E-state index is -1.83. The summed E-state index contributed by atoms with van der Waals surface area (Å²) in [6.45, 7) is 8.19. The maximum Gasteiger partial charge on any atom is 0.340 e. The summed E-state index contributed by atoms with van der Waals surface area (Å²) in [7, 11) is 4.87. The molecule has 1 saturated heterocycles. The molecule has 5 aliphatic carbocycles. The highest BCUT2D eigenvalue weighted by Gasteiger charge is 2.92. The van der Waals surface area contributed by atoms with Crippen LogP contribution in [0.5, 0.6) is 0 Å². The number of nitrogens with zero attached hydrogens (tertiary/aromatic N) is 1. The maximum absolute atomic E-state index is 14.1. The SMILES string of the molecule is CCN1C[C@]2(COC(=O)c3ccccc3NC(=O)[C@@H](C)CC(N)=O)CC[C@H](OC)[C@@]34[C@@H]5C[C@H]6[C@H](OC(=O)C(C)C)[C@@H]5[C@](O)(C[C@@H]6OC)[C@](O)([C@@H](OC)[C@H]23)[C@@H]14. The molecule has 6 fully saturated rings. The van der Waals surface area contributed by atoms with Crippen LogP contribution in [0.2, 0.25) is 0 Å². The van der Waals surface area contributed by atoms with Crippen molar-refractivity contribution in [1.29, 1.82) is 0 Å². The Kier molecular flexibility index (Phi) is 10.00. The Morgan fingerprint density at radius 1 is 1.06 bits per heavy atom. The van der Waals surface area contributed by atoms with Gasteiger partial charge in [0.2, 0.25) is 11.8 Å². The highest BCUT2D eigenvalue weighted by atomic mass is 16.6. The van der Waals surface area contributed by atoms with E-state index >= 15 is 0 Å². The fourth-order valence-corrected chi connectivity index (χ4v) is 12.8. The van der Waals surface area contributed by atoms with Gasteiger partial charge in [-0.2, -0.15) is 0 Å². The molecule has 1 heterocycles. The molecular formula is C40H57N3O11. The summed E-state index contributed by atoms with van der Waals surface area (Å²) in [4.78, 5) is 54.0. The molecule has 7 rings (SSSR count). The Bertz CT molecular complexity index is 1670. The number of hydrogen-bond acceptors (Lipinski definition) is 12. The van der Waals surface area contributed by atoms with Crippen molar-refractivity contribution in [1.82, 2.24) is 4.90 Å². The summed E-state index contributed by atoms with van der Waals surface area (Å²) in [5.41, 5.74) is 0.639. The summed E-state index contributed by atoms with van der Waals surface area (Å²) in [6, 6.07) is 5.99. The first-order valence-corrected chi connectivity index (χ1v) is 19.4. The van der Waals surface area contributed by atoms with Gasteiger partial charge in [-0.3, -0.25) is 19.3 Å². The van der Waals surface area contributed by atoms with Crippen LogP contribution in [0.4, 0.5) is 5.69 Å². The summed E-state index contributed by atoms with van der Waals surface area (Å²) in [6.07, 6.45) is -0.568. The second-order valence-corrected chi connectivity index (χ2v) is 17.2. The van der Waals surface area contributed by atoms with E-state index in [0.717, 1.165) is 0 Å². The van der Waals surface area contributed by atoms with Gasteiger partial charge in [0.25, 0.3) is 0 Å². The zero-order valence-corrected chi connectivity index (χ0v) is 32.4. The Morgan fingerprint density at radius 2 is 1.78 bits per heavy atom.